The van der Waals surface area contributed by atoms with E-state index in [-0.39, 0.29) is 11.1 Å². The molecule has 1 N–H and O–H groups in total. The van der Waals surface area contributed by atoms with Crippen LogP contribution in [-0.4, -0.2) is 15.5 Å². The molecule has 0 saturated heterocycles. The van der Waals surface area contributed by atoms with Gasteiger partial charge in [0, 0.05) is 23.2 Å². The molecule has 0 aliphatic carbocycles. The molecule has 0 aliphatic heterocycles. The number of benzene rings is 2. The summed E-state index contributed by atoms with van der Waals surface area (Å²) in [6.07, 6.45) is 1.64. The van der Waals surface area contributed by atoms with Gasteiger partial charge in [0.2, 0.25) is 0 Å². The number of nitrogens with zero attached hydrogens (tertiary/aromatic N) is 2. The van der Waals surface area contributed by atoms with Crippen LogP contribution in [-0.2, 0) is 13.1 Å². The highest BCUT2D eigenvalue weighted by Gasteiger charge is 2.16. The largest absolute Gasteiger partial charge is 0.348 e. The summed E-state index contributed by atoms with van der Waals surface area (Å²) in [4.78, 5) is 30.4. The van der Waals surface area contributed by atoms with Gasteiger partial charge in [0.05, 0.1) is 6.54 Å². The zero-order valence-corrected chi connectivity index (χ0v) is 17.2. The molecule has 0 fully saturated rings. The number of aromatic nitrogens is 2. The van der Waals surface area contributed by atoms with Gasteiger partial charge in [0.25, 0.3) is 11.5 Å². The SMILES string of the molecule is Cc1ccc(CNC(=O)c2cc3cccnc3n(Cc3ccc(Cl)cc3)c2=O)cc1. The first kappa shape index (κ1) is 19.9. The van der Waals surface area contributed by atoms with Crippen LogP contribution in [0.15, 0.2) is 77.7 Å². The zero-order chi connectivity index (χ0) is 21.1. The molecule has 2 aromatic carbocycles. The Labute approximate surface area is 179 Å². The molecule has 0 atom stereocenters. The predicted molar refractivity (Wildman–Crippen MR) is 119 cm³/mol. The minimum absolute atomic E-state index is 0.0941. The Bertz CT molecular complexity index is 1260. The quantitative estimate of drug-likeness (QED) is 0.525. The first-order valence-electron chi connectivity index (χ1n) is 9.58. The molecular weight excluding hydrogens is 398 g/mol. The van der Waals surface area contributed by atoms with Crippen LogP contribution in [0.5, 0.6) is 0 Å². The van der Waals surface area contributed by atoms with Crippen LogP contribution in [0.4, 0.5) is 0 Å². The molecule has 0 aliphatic rings. The number of pyridine rings is 2. The van der Waals surface area contributed by atoms with Crippen molar-refractivity contribution in [1.82, 2.24) is 14.9 Å². The highest BCUT2D eigenvalue weighted by molar-refractivity contribution is 6.30. The van der Waals surface area contributed by atoms with Crippen molar-refractivity contribution in [3.8, 4) is 0 Å². The van der Waals surface area contributed by atoms with Crippen molar-refractivity contribution < 1.29 is 4.79 Å². The number of hydrogen-bond donors (Lipinski definition) is 1. The van der Waals surface area contributed by atoms with Gasteiger partial charge in [-0.15, -0.1) is 0 Å². The van der Waals surface area contributed by atoms with E-state index in [1.807, 2.05) is 49.4 Å². The molecule has 5 nitrogen and oxygen atoms in total. The Morgan fingerprint density at radius 2 is 1.73 bits per heavy atom. The number of carbonyl (C=O) groups is 1. The van der Waals surface area contributed by atoms with Crippen molar-refractivity contribution in [1.29, 1.82) is 0 Å². The monoisotopic (exact) mass is 417 g/mol. The van der Waals surface area contributed by atoms with Crippen molar-refractivity contribution in [2.45, 2.75) is 20.0 Å². The van der Waals surface area contributed by atoms with Gasteiger partial charge in [0.15, 0.2) is 0 Å². The minimum Gasteiger partial charge on any atom is -0.348 e. The molecule has 2 aromatic heterocycles. The minimum atomic E-state index is -0.406. The molecule has 0 radical (unpaired) electrons. The van der Waals surface area contributed by atoms with E-state index in [0.29, 0.717) is 23.8 Å². The fourth-order valence-corrected chi connectivity index (χ4v) is 3.40. The summed E-state index contributed by atoms with van der Waals surface area (Å²) in [6.45, 7) is 2.65. The molecule has 2 heterocycles. The summed E-state index contributed by atoms with van der Waals surface area (Å²) in [6, 6.07) is 20.4. The van der Waals surface area contributed by atoms with E-state index in [9.17, 15) is 9.59 Å². The Morgan fingerprint density at radius 1 is 1.03 bits per heavy atom. The second-order valence-corrected chi connectivity index (χ2v) is 7.60. The predicted octanol–water partition coefficient (Wildman–Crippen LogP) is 4.34. The second kappa shape index (κ2) is 8.51. The Hall–Kier alpha value is -3.44. The second-order valence-electron chi connectivity index (χ2n) is 7.16. The van der Waals surface area contributed by atoms with E-state index in [2.05, 4.69) is 10.3 Å². The lowest BCUT2D eigenvalue weighted by Gasteiger charge is -2.13. The fourth-order valence-electron chi connectivity index (χ4n) is 3.27. The van der Waals surface area contributed by atoms with Crippen molar-refractivity contribution in [2.75, 3.05) is 0 Å². The van der Waals surface area contributed by atoms with Gasteiger partial charge in [-0.25, -0.2) is 4.98 Å². The molecule has 0 bridgehead atoms. The summed E-state index contributed by atoms with van der Waals surface area (Å²) in [5.74, 6) is -0.406. The van der Waals surface area contributed by atoms with Gasteiger partial charge in [-0.3, -0.25) is 14.2 Å². The molecule has 1 amide bonds. The standard InChI is InChI=1S/C24H20ClN3O2/c1-16-4-6-17(7-5-16)14-27-23(29)21-13-19-3-2-12-26-22(19)28(24(21)30)15-18-8-10-20(25)11-9-18/h2-13H,14-15H2,1H3,(H,27,29). The van der Waals surface area contributed by atoms with Crippen LogP contribution in [0.3, 0.4) is 0 Å². The Kier molecular flexibility index (Phi) is 5.63. The average Bonchev–Trinajstić information content (AvgIpc) is 2.76. The number of rotatable bonds is 5. The van der Waals surface area contributed by atoms with E-state index in [1.54, 1.807) is 30.5 Å². The lowest BCUT2D eigenvalue weighted by atomic mass is 10.1. The fraction of sp³-hybridized carbons (Fsp3) is 0.125. The Balaban J connectivity index is 1.68. The summed E-state index contributed by atoms with van der Waals surface area (Å²) in [5.41, 5.74) is 3.27. The van der Waals surface area contributed by atoms with Crippen molar-refractivity contribution in [2.24, 2.45) is 0 Å². The number of hydrogen-bond acceptors (Lipinski definition) is 3. The molecule has 6 heteroatoms. The van der Waals surface area contributed by atoms with Crippen LogP contribution in [0.2, 0.25) is 5.02 Å². The third-order valence-corrected chi connectivity index (χ3v) is 5.17. The van der Waals surface area contributed by atoms with E-state index in [1.165, 1.54) is 4.57 Å². The van der Waals surface area contributed by atoms with E-state index >= 15 is 0 Å². The summed E-state index contributed by atoms with van der Waals surface area (Å²) in [7, 11) is 0. The molecule has 4 rings (SSSR count). The van der Waals surface area contributed by atoms with Gasteiger partial charge in [-0.2, -0.15) is 0 Å². The highest BCUT2D eigenvalue weighted by Crippen LogP contribution is 2.15. The van der Waals surface area contributed by atoms with Crippen molar-refractivity contribution in [3.05, 3.63) is 111 Å². The molecule has 150 valence electrons. The summed E-state index contributed by atoms with van der Waals surface area (Å²) in [5, 5.41) is 4.20. The number of aryl methyl sites for hydroxylation is 1. The molecule has 0 unspecified atom stereocenters. The van der Waals surface area contributed by atoms with Gasteiger partial charge in [0.1, 0.15) is 11.2 Å². The van der Waals surface area contributed by atoms with E-state index in [4.69, 9.17) is 11.6 Å². The van der Waals surface area contributed by atoms with Crippen LogP contribution in [0.1, 0.15) is 27.0 Å². The number of fused-ring (bicyclic) bond motifs is 1. The molecule has 0 spiro atoms. The number of nitrogens with one attached hydrogen (secondary N) is 1. The van der Waals surface area contributed by atoms with E-state index in [0.717, 1.165) is 22.1 Å². The van der Waals surface area contributed by atoms with Crippen LogP contribution >= 0.6 is 11.6 Å². The molecule has 0 saturated carbocycles. The molecule has 30 heavy (non-hydrogen) atoms. The summed E-state index contributed by atoms with van der Waals surface area (Å²) < 4.78 is 1.53. The van der Waals surface area contributed by atoms with Crippen molar-refractivity contribution >= 4 is 28.5 Å². The topological polar surface area (TPSA) is 64.0 Å². The third kappa shape index (κ3) is 4.26. The van der Waals surface area contributed by atoms with E-state index < -0.39 is 5.91 Å². The molecular formula is C24H20ClN3O2. The third-order valence-electron chi connectivity index (χ3n) is 4.92. The van der Waals surface area contributed by atoms with Gasteiger partial charge < -0.3 is 5.32 Å². The lowest BCUT2D eigenvalue weighted by Crippen LogP contribution is -2.33. The lowest BCUT2D eigenvalue weighted by molar-refractivity contribution is 0.0949. The zero-order valence-electron chi connectivity index (χ0n) is 16.4. The maximum atomic E-state index is 13.2. The Morgan fingerprint density at radius 3 is 2.47 bits per heavy atom. The maximum absolute atomic E-state index is 13.2. The number of halogens is 1. The highest BCUT2D eigenvalue weighted by atomic mass is 35.5. The maximum Gasteiger partial charge on any atom is 0.265 e. The van der Waals surface area contributed by atoms with Crippen molar-refractivity contribution in [3.63, 3.8) is 0 Å². The van der Waals surface area contributed by atoms with Gasteiger partial charge in [-0.05, 0) is 48.4 Å². The first-order valence-corrected chi connectivity index (χ1v) is 9.96. The van der Waals surface area contributed by atoms with Crippen LogP contribution in [0, 0.1) is 6.92 Å². The number of carbonyl (C=O) groups excluding carboxylic acids is 1. The summed E-state index contributed by atoms with van der Waals surface area (Å²) >= 11 is 5.97. The van der Waals surface area contributed by atoms with Crippen LogP contribution in [0.25, 0.3) is 11.0 Å². The first-order chi connectivity index (χ1) is 14.5. The molecule has 4 aromatic rings. The normalized spacial score (nSPS) is 10.9. The van der Waals surface area contributed by atoms with Crippen LogP contribution < -0.4 is 10.9 Å². The number of amides is 1. The van der Waals surface area contributed by atoms with Gasteiger partial charge in [-0.1, -0.05) is 53.6 Å². The average molecular weight is 418 g/mol. The van der Waals surface area contributed by atoms with Gasteiger partial charge >= 0.3 is 0 Å². The smallest absolute Gasteiger partial charge is 0.265 e.